The third kappa shape index (κ3) is 4.23. The summed E-state index contributed by atoms with van der Waals surface area (Å²) in [6.07, 6.45) is 0. The molecule has 0 aliphatic carbocycles. The molecule has 0 spiro atoms. The summed E-state index contributed by atoms with van der Waals surface area (Å²) in [5.41, 5.74) is 4.36. The minimum atomic E-state index is -0.276. The fourth-order valence-electron chi connectivity index (χ4n) is 3.20. The molecular weight excluding hydrogens is 370 g/mol. The molecule has 1 heterocycles. The van der Waals surface area contributed by atoms with Gasteiger partial charge in [-0.15, -0.1) is 0 Å². The van der Waals surface area contributed by atoms with Crippen LogP contribution in [-0.4, -0.2) is 29.7 Å². The van der Waals surface area contributed by atoms with E-state index < -0.39 is 0 Å². The molecule has 0 radical (unpaired) electrons. The fraction of sp³-hybridized carbons (Fsp3) is 0.318. The molecule has 7 nitrogen and oxygen atoms in total. The maximum Gasteiger partial charge on any atom is 0.272 e. The molecule has 0 atom stereocenters. The molecule has 0 fully saturated rings. The maximum absolute atomic E-state index is 12.7. The second kappa shape index (κ2) is 8.34. The van der Waals surface area contributed by atoms with E-state index in [0.717, 1.165) is 16.7 Å². The molecule has 0 aliphatic heterocycles. The van der Waals surface area contributed by atoms with E-state index in [1.807, 2.05) is 32.0 Å². The molecule has 0 unspecified atom stereocenters. The molecule has 1 N–H and O–H groups in total. The van der Waals surface area contributed by atoms with Crippen LogP contribution in [0.15, 0.2) is 35.1 Å². The van der Waals surface area contributed by atoms with E-state index in [-0.39, 0.29) is 24.6 Å². The number of hydrogen-bond donors (Lipinski definition) is 1. The summed E-state index contributed by atoms with van der Waals surface area (Å²) < 4.78 is 12.1. The standard InChI is InChI=1S/C22H25N3O4/c1-13-8-18-19(9-14(13)2)25(22(27)15(3)24-18)12-21(26)23-11-16-10-17(28-4)6-7-20(16)29-5/h6-10H,11-12H2,1-5H3,(H,23,26). The molecular formula is C22H25N3O4. The van der Waals surface area contributed by atoms with Gasteiger partial charge in [0.1, 0.15) is 23.7 Å². The predicted octanol–water partition coefficient (Wildman–Crippen LogP) is 2.66. The highest BCUT2D eigenvalue weighted by atomic mass is 16.5. The van der Waals surface area contributed by atoms with Gasteiger partial charge in [0.15, 0.2) is 0 Å². The second-order valence-electron chi connectivity index (χ2n) is 6.97. The van der Waals surface area contributed by atoms with E-state index >= 15 is 0 Å². The topological polar surface area (TPSA) is 82.5 Å². The second-order valence-corrected chi connectivity index (χ2v) is 6.97. The molecule has 7 heteroatoms. The number of rotatable bonds is 6. The number of hydrogen-bond acceptors (Lipinski definition) is 5. The van der Waals surface area contributed by atoms with Crippen LogP contribution in [0.2, 0.25) is 0 Å². The number of ether oxygens (including phenoxy) is 2. The van der Waals surface area contributed by atoms with E-state index in [4.69, 9.17) is 9.47 Å². The lowest BCUT2D eigenvalue weighted by molar-refractivity contribution is -0.121. The lowest BCUT2D eigenvalue weighted by Crippen LogP contribution is -2.33. The van der Waals surface area contributed by atoms with Gasteiger partial charge < -0.3 is 14.8 Å². The van der Waals surface area contributed by atoms with Crippen LogP contribution in [0.4, 0.5) is 0 Å². The summed E-state index contributed by atoms with van der Waals surface area (Å²) >= 11 is 0. The first kappa shape index (κ1) is 20.4. The molecule has 29 heavy (non-hydrogen) atoms. The number of methoxy groups -OCH3 is 2. The highest BCUT2D eigenvalue weighted by molar-refractivity contribution is 5.81. The van der Waals surface area contributed by atoms with Gasteiger partial charge in [-0.2, -0.15) is 0 Å². The van der Waals surface area contributed by atoms with E-state index in [0.29, 0.717) is 28.2 Å². The average Bonchev–Trinajstić information content (AvgIpc) is 2.71. The molecule has 0 bridgehead atoms. The van der Waals surface area contributed by atoms with Gasteiger partial charge in [-0.25, -0.2) is 4.98 Å². The largest absolute Gasteiger partial charge is 0.497 e. The first-order valence-corrected chi connectivity index (χ1v) is 9.30. The molecule has 1 aromatic heterocycles. The van der Waals surface area contributed by atoms with Crippen molar-refractivity contribution in [2.75, 3.05) is 14.2 Å². The lowest BCUT2D eigenvalue weighted by atomic mass is 10.1. The first-order valence-electron chi connectivity index (χ1n) is 9.30. The van der Waals surface area contributed by atoms with Crippen LogP contribution >= 0.6 is 0 Å². The molecule has 3 aromatic rings. The smallest absolute Gasteiger partial charge is 0.272 e. The van der Waals surface area contributed by atoms with Crippen molar-refractivity contribution in [1.29, 1.82) is 0 Å². The highest BCUT2D eigenvalue weighted by Crippen LogP contribution is 2.23. The molecule has 0 saturated heterocycles. The summed E-state index contributed by atoms with van der Waals surface area (Å²) in [6.45, 7) is 5.79. The van der Waals surface area contributed by atoms with Crippen LogP contribution in [0.1, 0.15) is 22.4 Å². The Labute approximate surface area is 169 Å². The summed E-state index contributed by atoms with van der Waals surface area (Å²) in [6, 6.07) is 9.22. The number of nitrogens with one attached hydrogen (secondary N) is 1. The lowest BCUT2D eigenvalue weighted by Gasteiger charge is -2.14. The Morgan fingerprint density at radius 3 is 2.48 bits per heavy atom. The van der Waals surface area contributed by atoms with Crippen LogP contribution < -0.4 is 20.3 Å². The van der Waals surface area contributed by atoms with Crippen LogP contribution in [0.3, 0.4) is 0 Å². The van der Waals surface area contributed by atoms with Crippen molar-refractivity contribution in [3.63, 3.8) is 0 Å². The Morgan fingerprint density at radius 1 is 1.07 bits per heavy atom. The Morgan fingerprint density at radius 2 is 1.79 bits per heavy atom. The minimum Gasteiger partial charge on any atom is -0.497 e. The van der Waals surface area contributed by atoms with Crippen molar-refractivity contribution in [2.24, 2.45) is 0 Å². The van der Waals surface area contributed by atoms with E-state index in [2.05, 4.69) is 10.3 Å². The zero-order chi connectivity index (χ0) is 21.1. The summed E-state index contributed by atoms with van der Waals surface area (Å²) in [4.78, 5) is 29.7. The number of carbonyl (C=O) groups excluding carboxylic acids is 1. The van der Waals surface area contributed by atoms with Gasteiger partial charge in [0.2, 0.25) is 5.91 Å². The van der Waals surface area contributed by atoms with Gasteiger partial charge >= 0.3 is 0 Å². The van der Waals surface area contributed by atoms with Gasteiger partial charge in [0, 0.05) is 12.1 Å². The molecule has 152 valence electrons. The normalized spacial score (nSPS) is 10.8. The van der Waals surface area contributed by atoms with Crippen molar-refractivity contribution in [3.05, 3.63) is 63.1 Å². The third-order valence-corrected chi connectivity index (χ3v) is 4.99. The monoisotopic (exact) mass is 395 g/mol. The molecule has 1 amide bonds. The number of benzene rings is 2. The zero-order valence-corrected chi connectivity index (χ0v) is 17.3. The number of aryl methyl sites for hydroxylation is 3. The summed E-state index contributed by atoms with van der Waals surface area (Å²) in [5, 5.41) is 2.86. The van der Waals surface area contributed by atoms with Crippen molar-refractivity contribution < 1.29 is 14.3 Å². The van der Waals surface area contributed by atoms with Crippen LogP contribution in [0.5, 0.6) is 11.5 Å². The van der Waals surface area contributed by atoms with Gasteiger partial charge in [0.05, 0.1) is 25.3 Å². The van der Waals surface area contributed by atoms with E-state index in [1.54, 1.807) is 33.3 Å². The van der Waals surface area contributed by atoms with Crippen molar-refractivity contribution in [3.8, 4) is 11.5 Å². The van der Waals surface area contributed by atoms with E-state index in [9.17, 15) is 9.59 Å². The van der Waals surface area contributed by atoms with Gasteiger partial charge in [-0.1, -0.05) is 0 Å². The summed E-state index contributed by atoms with van der Waals surface area (Å²) in [7, 11) is 3.15. The van der Waals surface area contributed by atoms with Crippen LogP contribution in [0.25, 0.3) is 11.0 Å². The molecule has 0 saturated carbocycles. The molecule has 0 aliphatic rings. The summed E-state index contributed by atoms with van der Waals surface area (Å²) in [5.74, 6) is 1.05. The Balaban J connectivity index is 1.86. The van der Waals surface area contributed by atoms with Crippen molar-refractivity contribution in [1.82, 2.24) is 14.9 Å². The minimum absolute atomic E-state index is 0.0898. The average molecular weight is 395 g/mol. The fourth-order valence-corrected chi connectivity index (χ4v) is 3.20. The van der Waals surface area contributed by atoms with E-state index in [1.165, 1.54) is 4.57 Å². The van der Waals surface area contributed by atoms with Gasteiger partial charge in [-0.05, 0) is 62.2 Å². The Hall–Kier alpha value is -3.35. The van der Waals surface area contributed by atoms with Crippen molar-refractivity contribution in [2.45, 2.75) is 33.9 Å². The number of fused-ring (bicyclic) bond motifs is 1. The van der Waals surface area contributed by atoms with Crippen LogP contribution in [0, 0.1) is 20.8 Å². The van der Waals surface area contributed by atoms with Crippen LogP contribution in [-0.2, 0) is 17.9 Å². The third-order valence-electron chi connectivity index (χ3n) is 4.99. The number of carbonyl (C=O) groups is 1. The predicted molar refractivity (Wildman–Crippen MR) is 112 cm³/mol. The number of aromatic nitrogens is 2. The maximum atomic E-state index is 12.7. The van der Waals surface area contributed by atoms with Gasteiger partial charge in [-0.3, -0.25) is 14.2 Å². The Kier molecular flexibility index (Phi) is 5.87. The zero-order valence-electron chi connectivity index (χ0n) is 17.3. The molecule has 2 aromatic carbocycles. The van der Waals surface area contributed by atoms with Crippen molar-refractivity contribution >= 4 is 16.9 Å². The molecule has 3 rings (SSSR count). The quantitative estimate of drug-likeness (QED) is 0.694. The number of nitrogens with zero attached hydrogens (tertiary/aromatic N) is 2. The van der Waals surface area contributed by atoms with Gasteiger partial charge in [0.25, 0.3) is 5.56 Å². The highest BCUT2D eigenvalue weighted by Gasteiger charge is 2.14. The SMILES string of the molecule is COc1ccc(OC)c(CNC(=O)Cn2c(=O)c(C)nc3cc(C)c(C)cc32)c1. The number of amides is 1. The Bertz CT molecular complexity index is 1140. The first-order chi connectivity index (χ1) is 13.8.